The monoisotopic (exact) mass is 480 g/mol. The zero-order valence-corrected chi connectivity index (χ0v) is 19.4. The lowest BCUT2D eigenvalue weighted by Crippen LogP contribution is -2.63. The normalized spacial score (nSPS) is 21.3. The number of carbonyl (C=O) groups is 4. The number of nitrogens with zero attached hydrogens (tertiary/aromatic N) is 4. The van der Waals surface area contributed by atoms with Gasteiger partial charge in [0.25, 0.3) is 0 Å². The van der Waals surface area contributed by atoms with Gasteiger partial charge in [-0.05, 0) is 19.1 Å². The molecule has 188 valence electrons. The maximum atomic E-state index is 12.5. The molecule has 1 aliphatic rings. The minimum Gasteiger partial charge on any atom is -0.480 e. The molecular weight excluding hydrogens is 446 g/mol. The van der Waals surface area contributed by atoms with Crippen LogP contribution in [0.5, 0.6) is 0 Å². The van der Waals surface area contributed by atoms with E-state index < -0.39 is 35.0 Å². The Hall–Kier alpha value is -3.22. The summed E-state index contributed by atoms with van der Waals surface area (Å²) >= 11 is 0. The molecular formula is C22H34N5O7+. The highest BCUT2D eigenvalue weighted by Crippen LogP contribution is 2.17. The third-order valence-corrected chi connectivity index (χ3v) is 6.08. The molecule has 1 atom stereocenters. The Morgan fingerprint density at radius 1 is 0.794 bits per heavy atom. The standard InChI is InChI=1S/C22H33N5O7/c1-17-2-4-18(5-3-17)26-9-8-24(14-19(28)29)6-7-25(15-20(30)31)10-12-27(13-11-26,22(23)34)16-21(32)33/h2-5H,6-16H2,1H3,(H4-,23,28,29,30,31,32,33,34)/p+1. The second kappa shape index (κ2) is 12.3. The van der Waals surface area contributed by atoms with Gasteiger partial charge in [0, 0.05) is 38.4 Å². The Labute approximate surface area is 198 Å². The van der Waals surface area contributed by atoms with E-state index >= 15 is 0 Å². The number of benzene rings is 1. The first-order chi connectivity index (χ1) is 16.0. The number of carboxylic acid groups (broad SMARTS) is 3. The summed E-state index contributed by atoms with van der Waals surface area (Å²) in [6, 6.07) is 6.95. The van der Waals surface area contributed by atoms with Crippen molar-refractivity contribution in [3.05, 3.63) is 29.8 Å². The highest BCUT2D eigenvalue weighted by atomic mass is 16.4. The van der Waals surface area contributed by atoms with E-state index in [2.05, 4.69) is 0 Å². The highest BCUT2D eigenvalue weighted by molar-refractivity contribution is 5.73. The Morgan fingerprint density at radius 3 is 1.79 bits per heavy atom. The molecule has 2 amide bonds. The molecule has 0 saturated carbocycles. The van der Waals surface area contributed by atoms with Crippen molar-refractivity contribution in [1.82, 2.24) is 9.80 Å². The summed E-state index contributed by atoms with van der Waals surface area (Å²) in [5.41, 5.74) is 7.63. The van der Waals surface area contributed by atoms with E-state index in [4.69, 9.17) is 5.73 Å². The summed E-state index contributed by atoms with van der Waals surface area (Å²) in [5.74, 6) is -3.23. The maximum absolute atomic E-state index is 12.5. The van der Waals surface area contributed by atoms with Gasteiger partial charge in [0.2, 0.25) is 0 Å². The lowest BCUT2D eigenvalue weighted by molar-refractivity contribution is -0.840. The third kappa shape index (κ3) is 8.28. The SMILES string of the molecule is Cc1ccc(N2CCN(CC(=O)O)CCN(CC(=O)O)CC[N+](CC(=O)O)(C(N)=O)CC2)cc1. The minimum atomic E-state index is -1.18. The molecule has 1 aromatic carbocycles. The first-order valence-electron chi connectivity index (χ1n) is 11.1. The van der Waals surface area contributed by atoms with Gasteiger partial charge in [-0.15, -0.1) is 0 Å². The molecule has 1 saturated heterocycles. The number of quaternary nitrogens is 1. The average Bonchev–Trinajstić information content (AvgIpc) is 2.73. The Bertz CT molecular complexity index is 879. The van der Waals surface area contributed by atoms with Crippen molar-refractivity contribution in [3.8, 4) is 0 Å². The van der Waals surface area contributed by atoms with E-state index in [0.29, 0.717) is 26.2 Å². The Morgan fingerprint density at radius 2 is 1.29 bits per heavy atom. The lowest BCUT2D eigenvalue weighted by Gasteiger charge is -2.38. The number of aryl methyl sites for hydroxylation is 1. The number of carbonyl (C=O) groups excluding carboxylic acids is 1. The molecule has 12 heteroatoms. The van der Waals surface area contributed by atoms with Crippen LogP contribution in [0.4, 0.5) is 10.5 Å². The molecule has 34 heavy (non-hydrogen) atoms. The summed E-state index contributed by atoms with van der Waals surface area (Å²) in [4.78, 5) is 52.2. The predicted molar refractivity (Wildman–Crippen MR) is 124 cm³/mol. The molecule has 1 aliphatic heterocycles. The molecule has 0 aliphatic carbocycles. The first-order valence-corrected chi connectivity index (χ1v) is 11.1. The van der Waals surface area contributed by atoms with Gasteiger partial charge in [-0.25, -0.2) is 14.1 Å². The quantitative estimate of drug-likeness (QED) is 0.376. The first kappa shape index (κ1) is 27.0. The molecule has 5 N–H and O–H groups in total. The van der Waals surface area contributed by atoms with Crippen molar-refractivity contribution < 1.29 is 39.0 Å². The number of carboxylic acids is 3. The number of amides is 2. The van der Waals surface area contributed by atoms with Crippen LogP contribution in [0.1, 0.15) is 5.56 Å². The number of urea groups is 1. The van der Waals surface area contributed by atoms with E-state index in [1.54, 1.807) is 9.80 Å². The van der Waals surface area contributed by atoms with Gasteiger partial charge in [0.15, 0.2) is 6.54 Å². The average molecular weight is 481 g/mol. The van der Waals surface area contributed by atoms with Gasteiger partial charge in [-0.3, -0.25) is 19.4 Å². The molecule has 0 aromatic heterocycles. The number of anilines is 1. The van der Waals surface area contributed by atoms with Crippen molar-refractivity contribution in [3.63, 3.8) is 0 Å². The van der Waals surface area contributed by atoms with E-state index in [1.165, 1.54) is 0 Å². The highest BCUT2D eigenvalue weighted by Gasteiger charge is 2.38. The van der Waals surface area contributed by atoms with Crippen LogP contribution < -0.4 is 10.6 Å². The van der Waals surface area contributed by atoms with Crippen LogP contribution in [0.15, 0.2) is 24.3 Å². The number of nitrogens with two attached hydrogens (primary N) is 1. The van der Waals surface area contributed by atoms with Crippen molar-refractivity contribution in [1.29, 1.82) is 0 Å². The molecule has 2 rings (SSSR count). The predicted octanol–water partition coefficient (Wildman–Crippen LogP) is -0.432. The fraction of sp³-hybridized carbons (Fsp3) is 0.545. The summed E-state index contributed by atoms with van der Waals surface area (Å²) in [6.07, 6.45) is 0. The van der Waals surface area contributed by atoms with Crippen LogP contribution in [-0.4, -0.2) is 126 Å². The zero-order chi connectivity index (χ0) is 25.3. The van der Waals surface area contributed by atoms with E-state index in [0.717, 1.165) is 11.3 Å². The van der Waals surface area contributed by atoms with Crippen molar-refractivity contribution in [2.45, 2.75) is 6.92 Å². The third-order valence-electron chi connectivity index (χ3n) is 6.08. The molecule has 12 nitrogen and oxygen atoms in total. The van der Waals surface area contributed by atoms with Crippen LogP contribution in [0.2, 0.25) is 0 Å². The number of aliphatic carboxylic acids is 3. The van der Waals surface area contributed by atoms with Gasteiger partial charge in [-0.2, -0.15) is 0 Å². The van der Waals surface area contributed by atoms with Crippen LogP contribution in [0, 0.1) is 6.92 Å². The number of primary amides is 1. The molecule has 1 fully saturated rings. The summed E-state index contributed by atoms with van der Waals surface area (Å²) in [5, 5.41) is 28.1. The Kier molecular flexibility index (Phi) is 9.78. The van der Waals surface area contributed by atoms with Gasteiger partial charge < -0.3 is 26.0 Å². The second-order valence-corrected chi connectivity index (χ2v) is 8.64. The second-order valence-electron chi connectivity index (χ2n) is 8.64. The van der Waals surface area contributed by atoms with Crippen molar-refractivity contribution in [2.75, 3.05) is 76.9 Å². The minimum absolute atomic E-state index is 0.0234. The summed E-state index contributed by atoms with van der Waals surface area (Å²) in [6.45, 7) is 2.86. The molecule has 1 unspecified atom stereocenters. The largest absolute Gasteiger partial charge is 0.480 e. The van der Waals surface area contributed by atoms with Crippen LogP contribution in [0.3, 0.4) is 0 Å². The summed E-state index contributed by atoms with van der Waals surface area (Å²) < 4.78 is -0.521. The van der Waals surface area contributed by atoms with Gasteiger partial charge in [0.05, 0.1) is 19.6 Å². The van der Waals surface area contributed by atoms with Gasteiger partial charge in [0.1, 0.15) is 13.1 Å². The number of hydrogen-bond donors (Lipinski definition) is 4. The topological polar surface area (TPSA) is 165 Å². The van der Waals surface area contributed by atoms with Gasteiger partial charge >= 0.3 is 23.9 Å². The van der Waals surface area contributed by atoms with Crippen LogP contribution in [-0.2, 0) is 14.4 Å². The van der Waals surface area contributed by atoms with Crippen molar-refractivity contribution in [2.24, 2.45) is 5.73 Å². The Balaban J connectivity index is 2.39. The fourth-order valence-corrected chi connectivity index (χ4v) is 4.07. The maximum Gasteiger partial charge on any atom is 0.414 e. The fourth-order valence-electron chi connectivity index (χ4n) is 4.07. The molecule has 1 heterocycles. The lowest BCUT2D eigenvalue weighted by atomic mass is 10.2. The zero-order valence-electron chi connectivity index (χ0n) is 19.4. The molecule has 0 radical (unpaired) electrons. The number of rotatable bonds is 7. The van der Waals surface area contributed by atoms with Crippen molar-refractivity contribution >= 4 is 29.6 Å². The summed E-state index contributed by atoms with van der Waals surface area (Å²) in [7, 11) is 0. The van der Waals surface area contributed by atoms with Crippen LogP contribution >= 0.6 is 0 Å². The number of hydrogen-bond acceptors (Lipinski definition) is 7. The van der Waals surface area contributed by atoms with E-state index in [9.17, 15) is 34.5 Å². The van der Waals surface area contributed by atoms with E-state index in [-0.39, 0.29) is 39.3 Å². The molecule has 0 spiro atoms. The molecule has 0 bridgehead atoms. The van der Waals surface area contributed by atoms with E-state index in [1.807, 2.05) is 36.1 Å². The van der Waals surface area contributed by atoms with Crippen LogP contribution in [0.25, 0.3) is 0 Å². The van der Waals surface area contributed by atoms with Gasteiger partial charge in [-0.1, -0.05) is 17.7 Å². The molecule has 1 aromatic rings. The smallest absolute Gasteiger partial charge is 0.414 e.